The Morgan fingerprint density at radius 3 is 2.44 bits per heavy atom. The van der Waals surface area contributed by atoms with Gasteiger partial charge in [0.1, 0.15) is 0 Å². The maximum atomic E-state index is 6.19. The topological polar surface area (TPSA) is 41.6 Å². The summed E-state index contributed by atoms with van der Waals surface area (Å²) >= 11 is 0. The fraction of sp³-hybridized carbons (Fsp3) is 0.933. The van der Waals surface area contributed by atoms with Gasteiger partial charge in [-0.1, -0.05) is 26.2 Å². The average molecular weight is 251 g/mol. The maximum Gasteiger partial charge on any atom is 0.0968 e. The van der Waals surface area contributed by atoms with Crippen molar-refractivity contribution in [2.75, 3.05) is 26.7 Å². The van der Waals surface area contributed by atoms with Gasteiger partial charge in [0.15, 0.2) is 0 Å². The number of amidine groups is 1. The minimum atomic E-state index is 0.381. The highest BCUT2D eigenvalue weighted by Gasteiger charge is 2.29. The molecule has 3 nitrogen and oxygen atoms in total. The molecule has 0 spiro atoms. The van der Waals surface area contributed by atoms with E-state index in [0.717, 1.165) is 12.4 Å². The lowest BCUT2D eigenvalue weighted by atomic mass is 9.80. The Kier molecular flexibility index (Phi) is 4.66. The van der Waals surface area contributed by atoms with Crippen molar-refractivity contribution in [2.45, 2.75) is 51.9 Å². The molecule has 2 N–H and O–H groups in total. The van der Waals surface area contributed by atoms with Gasteiger partial charge in [-0.25, -0.2) is 0 Å². The van der Waals surface area contributed by atoms with Crippen molar-refractivity contribution in [1.82, 2.24) is 4.90 Å². The molecule has 0 unspecified atom stereocenters. The van der Waals surface area contributed by atoms with Gasteiger partial charge >= 0.3 is 0 Å². The molecule has 1 aliphatic heterocycles. The molecule has 2 aliphatic rings. The lowest BCUT2D eigenvalue weighted by Crippen LogP contribution is -2.38. The molecule has 1 heterocycles. The van der Waals surface area contributed by atoms with Crippen LogP contribution in [-0.4, -0.2) is 37.4 Å². The maximum absolute atomic E-state index is 6.19. The number of rotatable bonds is 3. The van der Waals surface area contributed by atoms with Crippen molar-refractivity contribution in [3.8, 4) is 0 Å². The van der Waals surface area contributed by atoms with Gasteiger partial charge in [0, 0.05) is 12.5 Å². The van der Waals surface area contributed by atoms with Gasteiger partial charge in [0.2, 0.25) is 0 Å². The number of piperidine rings is 1. The molecule has 0 aromatic carbocycles. The highest BCUT2D eigenvalue weighted by atomic mass is 15.1. The van der Waals surface area contributed by atoms with Crippen molar-refractivity contribution in [3.05, 3.63) is 0 Å². The number of hydrogen-bond donors (Lipinski definition) is 1. The zero-order chi connectivity index (χ0) is 13.0. The number of nitrogens with two attached hydrogens (primary N) is 1. The molecule has 2 fully saturated rings. The fourth-order valence-electron chi connectivity index (χ4n) is 3.13. The Morgan fingerprint density at radius 1 is 1.22 bits per heavy atom. The molecule has 0 atom stereocenters. The van der Waals surface area contributed by atoms with E-state index in [2.05, 4.69) is 18.9 Å². The van der Waals surface area contributed by atoms with Crippen LogP contribution in [0.5, 0.6) is 0 Å². The monoisotopic (exact) mass is 251 g/mol. The van der Waals surface area contributed by atoms with Crippen LogP contribution in [0.2, 0.25) is 0 Å². The van der Waals surface area contributed by atoms with E-state index in [0.29, 0.717) is 11.3 Å². The summed E-state index contributed by atoms with van der Waals surface area (Å²) in [4.78, 5) is 7.16. The van der Waals surface area contributed by atoms with Crippen LogP contribution in [0.3, 0.4) is 0 Å². The van der Waals surface area contributed by atoms with Crippen LogP contribution in [0.4, 0.5) is 0 Å². The Balaban J connectivity index is 1.84. The summed E-state index contributed by atoms with van der Waals surface area (Å²) in [6.45, 7) is 5.71. The zero-order valence-corrected chi connectivity index (χ0v) is 12.1. The number of likely N-dealkylation sites (tertiary alicyclic amines) is 1. The van der Waals surface area contributed by atoms with E-state index in [1.807, 2.05) is 0 Å². The zero-order valence-electron chi connectivity index (χ0n) is 12.1. The Hall–Kier alpha value is -0.570. The lowest BCUT2D eigenvalue weighted by molar-refractivity contribution is 0.147. The molecule has 1 saturated carbocycles. The number of nitrogens with zero attached hydrogens (tertiary/aromatic N) is 2. The smallest absolute Gasteiger partial charge is 0.0968 e. The first-order valence-corrected chi connectivity index (χ1v) is 7.57. The second-order valence-corrected chi connectivity index (χ2v) is 6.69. The molecule has 0 amide bonds. The molecule has 0 radical (unpaired) electrons. The molecule has 2 rings (SSSR count). The summed E-state index contributed by atoms with van der Waals surface area (Å²) in [5.74, 6) is 1.52. The Labute approximate surface area is 112 Å². The molecular formula is C15H29N3. The van der Waals surface area contributed by atoms with Crippen molar-refractivity contribution >= 4 is 5.84 Å². The quantitative estimate of drug-likeness (QED) is 0.619. The summed E-state index contributed by atoms with van der Waals surface area (Å²) in [5, 5.41) is 0. The standard InChI is InChI=1S/C15H29N3/c1-15(8-10-18(2)11-9-15)12-17-14(16)13-6-4-3-5-7-13/h13H,3-12H2,1-2H3,(H2,16,17). The molecule has 1 saturated heterocycles. The summed E-state index contributed by atoms with van der Waals surface area (Å²) in [7, 11) is 2.21. The minimum absolute atomic E-state index is 0.381. The Bertz CT molecular complexity index is 284. The van der Waals surface area contributed by atoms with Crippen molar-refractivity contribution in [1.29, 1.82) is 0 Å². The van der Waals surface area contributed by atoms with Gasteiger partial charge in [-0.05, 0) is 51.2 Å². The van der Waals surface area contributed by atoms with E-state index in [4.69, 9.17) is 10.7 Å². The summed E-state index contributed by atoms with van der Waals surface area (Å²) < 4.78 is 0. The second-order valence-electron chi connectivity index (χ2n) is 6.69. The van der Waals surface area contributed by atoms with E-state index in [9.17, 15) is 0 Å². The van der Waals surface area contributed by atoms with E-state index in [1.54, 1.807) is 0 Å². The van der Waals surface area contributed by atoms with Crippen molar-refractivity contribution in [3.63, 3.8) is 0 Å². The number of aliphatic imine (C=N–C) groups is 1. The lowest BCUT2D eigenvalue weighted by Gasteiger charge is -2.37. The highest BCUT2D eigenvalue weighted by molar-refractivity contribution is 5.82. The van der Waals surface area contributed by atoms with Crippen LogP contribution in [0.25, 0.3) is 0 Å². The van der Waals surface area contributed by atoms with Gasteiger partial charge in [0.05, 0.1) is 5.84 Å². The van der Waals surface area contributed by atoms with Crippen LogP contribution in [0.15, 0.2) is 4.99 Å². The summed E-state index contributed by atoms with van der Waals surface area (Å²) in [6.07, 6.45) is 9.08. The van der Waals surface area contributed by atoms with Crippen molar-refractivity contribution < 1.29 is 0 Å². The predicted octanol–water partition coefficient (Wildman–Crippen LogP) is 2.66. The van der Waals surface area contributed by atoms with Crippen LogP contribution < -0.4 is 5.73 Å². The first-order valence-electron chi connectivity index (χ1n) is 7.57. The average Bonchev–Trinajstić information content (AvgIpc) is 2.41. The van der Waals surface area contributed by atoms with E-state index >= 15 is 0 Å². The third kappa shape index (κ3) is 3.71. The molecule has 3 heteroatoms. The molecule has 104 valence electrons. The van der Waals surface area contributed by atoms with Gasteiger partial charge in [0.25, 0.3) is 0 Å². The van der Waals surface area contributed by atoms with E-state index in [1.165, 1.54) is 58.0 Å². The van der Waals surface area contributed by atoms with Gasteiger partial charge < -0.3 is 10.6 Å². The van der Waals surface area contributed by atoms with Gasteiger partial charge in [-0.2, -0.15) is 0 Å². The van der Waals surface area contributed by atoms with Gasteiger partial charge in [-0.3, -0.25) is 4.99 Å². The molecule has 0 aromatic heterocycles. The third-order valence-corrected chi connectivity index (χ3v) is 4.86. The van der Waals surface area contributed by atoms with Crippen LogP contribution in [0.1, 0.15) is 51.9 Å². The molecular weight excluding hydrogens is 222 g/mol. The van der Waals surface area contributed by atoms with Crippen molar-refractivity contribution in [2.24, 2.45) is 22.1 Å². The van der Waals surface area contributed by atoms with Crippen LogP contribution >= 0.6 is 0 Å². The second kappa shape index (κ2) is 6.05. The Morgan fingerprint density at radius 2 is 1.83 bits per heavy atom. The third-order valence-electron chi connectivity index (χ3n) is 4.86. The largest absolute Gasteiger partial charge is 0.387 e. The first-order chi connectivity index (χ1) is 8.59. The molecule has 0 bridgehead atoms. The highest BCUT2D eigenvalue weighted by Crippen LogP contribution is 2.31. The normalized spacial score (nSPS) is 27.3. The molecule has 18 heavy (non-hydrogen) atoms. The number of hydrogen-bond acceptors (Lipinski definition) is 2. The van der Waals surface area contributed by atoms with Crippen LogP contribution in [0, 0.1) is 11.3 Å². The summed E-state index contributed by atoms with van der Waals surface area (Å²) in [6, 6.07) is 0. The minimum Gasteiger partial charge on any atom is -0.387 e. The summed E-state index contributed by atoms with van der Waals surface area (Å²) in [5.41, 5.74) is 6.57. The van der Waals surface area contributed by atoms with Crippen LogP contribution in [-0.2, 0) is 0 Å². The van der Waals surface area contributed by atoms with Gasteiger partial charge in [-0.15, -0.1) is 0 Å². The van der Waals surface area contributed by atoms with E-state index < -0.39 is 0 Å². The SMILES string of the molecule is CN1CCC(C)(CN=C(N)C2CCCCC2)CC1. The van der Waals surface area contributed by atoms with E-state index in [-0.39, 0.29) is 0 Å². The fourth-order valence-corrected chi connectivity index (χ4v) is 3.13. The predicted molar refractivity (Wildman–Crippen MR) is 77.9 cm³/mol. The first kappa shape index (κ1) is 13.9. The molecule has 0 aromatic rings. The molecule has 1 aliphatic carbocycles.